The van der Waals surface area contributed by atoms with Gasteiger partial charge in [-0.25, -0.2) is 4.98 Å². The van der Waals surface area contributed by atoms with Gasteiger partial charge >= 0.3 is 0 Å². The van der Waals surface area contributed by atoms with Crippen molar-refractivity contribution in [3.05, 3.63) is 42.4 Å². The smallest absolute Gasteiger partial charge is 0.177 e. The van der Waals surface area contributed by atoms with Crippen LogP contribution in [-0.4, -0.2) is 42.1 Å². The van der Waals surface area contributed by atoms with E-state index in [1.54, 1.807) is 0 Å². The molecule has 0 spiro atoms. The first-order valence-electron chi connectivity index (χ1n) is 8.73. The highest BCUT2D eigenvalue weighted by Gasteiger charge is 2.13. The van der Waals surface area contributed by atoms with Crippen molar-refractivity contribution in [2.45, 2.75) is 13.3 Å². The van der Waals surface area contributed by atoms with Gasteiger partial charge < -0.3 is 15.2 Å². The van der Waals surface area contributed by atoms with Crippen LogP contribution in [0.2, 0.25) is 0 Å². The highest BCUT2D eigenvalue weighted by atomic mass is 15.1. The average Bonchev–Trinajstić information content (AvgIpc) is 2.98. The zero-order valence-corrected chi connectivity index (χ0v) is 15.0. The number of rotatable bonds is 5. The number of hydrogen-bond donors (Lipinski definition) is 2. The van der Waals surface area contributed by atoms with Gasteiger partial charge in [-0.15, -0.1) is 0 Å². The Balaban J connectivity index is 1.82. The van der Waals surface area contributed by atoms with Gasteiger partial charge in [0.2, 0.25) is 0 Å². The molecule has 0 aliphatic carbocycles. The van der Waals surface area contributed by atoms with E-state index in [1.807, 2.05) is 12.4 Å². The maximum absolute atomic E-state index is 4.64. The van der Waals surface area contributed by atoms with Gasteiger partial charge in [0.15, 0.2) is 12.4 Å². The molecular formula is C20H24N5+. The Kier molecular flexibility index (Phi) is 4.01. The maximum Gasteiger partial charge on any atom is 0.177 e. The van der Waals surface area contributed by atoms with Gasteiger partial charge in [0.1, 0.15) is 0 Å². The standard InChI is InChI=1S/C20H23N5/c1-13-19-15(17(6-9-23-19)22-7-4-10-25(2)3)11-14-16-12-21-8-5-18(16)24-20(13)14/h5-6,8-9,11-12,24H,4,7,10H2,1-3H3,(H,22,23)/p+1. The molecule has 1 aromatic carbocycles. The van der Waals surface area contributed by atoms with Crippen LogP contribution < -0.4 is 10.3 Å². The molecule has 4 aromatic rings. The molecule has 0 amide bonds. The summed E-state index contributed by atoms with van der Waals surface area (Å²) < 4.78 is 0. The van der Waals surface area contributed by atoms with E-state index in [-0.39, 0.29) is 0 Å². The third-order valence-electron chi connectivity index (χ3n) is 4.79. The third-order valence-corrected chi connectivity index (χ3v) is 4.79. The molecule has 0 aliphatic heterocycles. The molecule has 0 aliphatic rings. The number of benzene rings is 1. The highest BCUT2D eigenvalue weighted by Crippen LogP contribution is 2.34. The van der Waals surface area contributed by atoms with Gasteiger partial charge in [-0.3, -0.25) is 4.98 Å². The molecule has 0 unspecified atom stereocenters. The molecule has 3 aromatic heterocycles. The Morgan fingerprint density at radius 2 is 2.08 bits per heavy atom. The van der Waals surface area contributed by atoms with Crippen LogP contribution in [0.4, 0.5) is 5.69 Å². The third kappa shape index (κ3) is 2.81. The summed E-state index contributed by atoms with van der Waals surface area (Å²) >= 11 is 0. The van der Waals surface area contributed by atoms with Crippen LogP contribution in [-0.2, 0) is 0 Å². The lowest BCUT2D eigenvalue weighted by molar-refractivity contribution is -0.375. The molecule has 128 valence electrons. The average molecular weight is 334 g/mol. The number of hydrogen-bond acceptors (Lipinski definition) is 3. The number of aryl methyl sites for hydroxylation is 1. The second kappa shape index (κ2) is 6.33. The van der Waals surface area contributed by atoms with E-state index in [0.717, 1.165) is 36.2 Å². The predicted molar refractivity (Wildman–Crippen MR) is 104 cm³/mol. The molecule has 4 rings (SSSR count). The van der Waals surface area contributed by atoms with Crippen LogP contribution in [0.1, 0.15) is 12.0 Å². The zero-order valence-electron chi connectivity index (χ0n) is 15.0. The van der Waals surface area contributed by atoms with Crippen LogP contribution in [0.25, 0.3) is 32.7 Å². The summed E-state index contributed by atoms with van der Waals surface area (Å²) in [6.45, 7) is 4.18. The van der Waals surface area contributed by atoms with Crippen LogP contribution >= 0.6 is 0 Å². The quantitative estimate of drug-likeness (QED) is 0.550. The Morgan fingerprint density at radius 3 is 2.92 bits per heavy atom. The fraction of sp³-hybridized carbons (Fsp3) is 0.300. The summed E-state index contributed by atoms with van der Waals surface area (Å²) in [6, 6.07) is 6.41. The molecule has 0 radical (unpaired) electrons. The lowest BCUT2D eigenvalue weighted by Crippen LogP contribution is -2.16. The lowest BCUT2D eigenvalue weighted by atomic mass is 10.0. The Bertz CT molecular complexity index is 1050. The molecule has 3 heterocycles. The summed E-state index contributed by atoms with van der Waals surface area (Å²) in [7, 11) is 4.21. The first-order chi connectivity index (χ1) is 12.1. The summed E-state index contributed by atoms with van der Waals surface area (Å²) in [5, 5.41) is 7.22. The molecule has 0 saturated heterocycles. The number of pyridine rings is 2. The summed E-state index contributed by atoms with van der Waals surface area (Å²) in [5.41, 5.74) is 5.72. The van der Waals surface area contributed by atoms with E-state index in [0.29, 0.717) is 0 Å². The minimum atomic E-state index is 0.954. The summed E-state index contributed by atoms with van der Waals surface area (Å²) in [5.74, 6) is 0. The van der Waals surface area contributed by atoms with Gasteiger partial charge in [0.25, 0.3) is 0 Å². The topological polar surface area (TPSA) is 58.1 Å². The first kappa shape index (κ1) is 15.8. The fourth-order valence-corrected chi connectivity index (χ4v) is 3.50. The van der Waals surface area contributed by atoms with E-state index >= 15 is 0 Å². The second-order valence-corrected chi connectivity index (χ2v) is 6.86. The van der Waals surface area contributed by atoms with E-state index in [9.17, 15) is 0 Å². The number of nitrogens with one attached hydrogen (secondary N) is 3. The molecule has 3 N–H and O–H groups in total. The van der Waals surface area contributed by atoms with Crippen molar-refractivity contribution >= 4 is 38.4 Å². The van der Waals surface area contributed by atoms with Crippen molar-refractivity contribution in [3.8, 4) is 0 Å². The highest BCUT2D eigenvalue weighted by molar-refractivity contribution is 6.14. The van der Waals surface area contributed by atoms with Crippen LogP contribution in [0.5, 0.6) is 0 Å². The Hall–Kier alpha value is -2.66. The van der Waals surface area contributed by atoms with Gasteiger partial charge in [-0.1, -0.05) is 0 Å². The van der Waals surface area contributed by atoms with Gasteiger partial charge in [-0.05, 0) is 51.7 Å². The molecular weight excluding hydrogens is 310 g/mol. The maximum atomic E-state index is 4.64. The molecule has 5 heteroatoms. The number of fused-ring (bicyclic) bond motifs is 4. The number of nitrogens with zero attached hydrogens (tertiary/aromatic N) is 2. The molecule has 25 heavy (non-hydrogen) atoms. The van der Waals surface area contributed by atoms with E-state index in [4.69, 9.17) is 0 Å². The van der Waals surface area contributed by atoms with E-state index < -0.39 is 0 Å². The Morgan fingerprint density at radius 1 is 1.20 bits per heavy atom. The van der Waals surface area contributed by atoms with Crippen LogP contribution in [0.3, 0.4) is 0 Å². The van der Waals surface area contributed by atoms with Gasteiger partial charge in [0.05, 0.1) is 21.9 Å². The van der Waals surface area contributed by atoms with Crippen LogP contribution in [0, 0.1) is 6.92 Å². The van der Waals surface area contributed by atoms with Gasteiger partial charge in [0, 0.05) is 35.3 Å². The minimum Gasteiger partial charge on any atom is -0.384 e. The van der Waals surface area contributed by atoms with E-state index in [2.05, 4.69) is 70.6 Å². The minimum absolute atomic E-state index is 0.954. The fourth-order valence-electron chi connectivity index (χ4n) is 3.50. The predicted octanol–water partition coefficient (Wildman–Crippen LogP) is 3.36. The van der Waals surface area contributed by atoms with Gasteiger partial charge in [-0.2, -0.15) is 0 Å². The summed E-state index contributed by atoms with van der Waals surface area (Å²) in [6.07, 6.45) is 7.01. The van der Waals surface area contributed by atoms with Crippen molar-refractivity contribution in [3.63, 3.8) is 0 Å². The first-order valence-corrected chi connectivity index (χ1v) is 8.73. The SMILES string of the molecule is Cc1c2nccc(NCCCN(C)C)c2cc2c1[nH]c1cc[nH+]cc12. The number of aromatic amines is 2. The molecule has 5 nitrogen and oxygen atoms in total. The van der Waals surface area contributed by atoms with Crippen molar-refractivity contribution in [2.75, 3.05) is 32.5 Å². The molecule has 0 fully saturated rings. The molecule has 0 atom stereocenters. The van der Waals surface area contributed by atoms with Crippen molar-refractivity contribution in [1.29, 1.82) is 0 Å². The largest absolute Gasteiger partial charge is 0.384 e. The van der Waals surface area contributed by atoms with Crippen molar-refractivity contribution in [2.24, 2.45) is 0 Å². The number of anilines is 1. The van der Waals surface area contributed by atoms with Crippen molar-refractivity contribution in [1.82, 2.24) is 14.9 Å². The monoisotopic (exact) mass is 334 g/mol. The lowest BCUT2D eigenvalue weighted by Gasteiger charge is -2.13. The number of aromatic nitrogens is 3. The normalized spacial score (nSPS) is 11.8. The molecule has 0 saturated carbocycles. The Labute approximate surface area is 147 Å². The van der Waals surface area contributed by atoms with Crippen molar-refractivity contribution < 1.29 is 4.98 Å². The zero-order chi connectivity index (χ0) is 17.4. The number of H-pyrrole nitrogens is 2. The summed E-state index contributed by atoms with van der Waals surface area (Å²) in [4.78, 5) is 13.6. The van der Waals surface area contributed by atoms with Crippen LogP contribution in [0.15, 0.2) is 36.8 Å². The van der Waals surface area contributed by atoms with E-state index in [1.165, 1.54) is 27.2 Å². The second-order valence-electron chi connectivity index (χ2n) is 6.86. The molecule has 0 bridgehead atoms.